The number of aromatic nitrogens is 2. The van der Waals surface area contributed by atoms with Crippen molar-refractivity contribution in [2.75, 3.05) is 5.75 Å². The van der Waals surface area contributed by atoms with E-state index in [4.69, 9.17) is 6.42 Å². The number of nitro benzene ring substituents is 1. The van der Waals surface area contributed by atoms with Crippen LogP contribution in [0.25, 0.3) is 21.3 Å². The summed E-state index contributed by atoms with van der Waals surface area (Å²) in [5, 5.41) is 14.6. The first-order valence-corrected chi connectivity index (χ1v) is 8.10. The molecular formula is C15H9N3O2S2. The minimum Gasteiger partial charge on any atom is -0.258 e. The molecule has 2 aromatic heterocycles. The third-order valence-corrected chi connectivity index (χ3v) is 4.78. The molecule has 0 amide bonds. The van der Waals surface area contributed by atoms with Crippen molar-refractivity contribution in [3.8, 4) is 23.5 Å². The molecule has 0 aliphatic heterocycles. The molecule has 0 radical (unpaired) electrons. The highest BCUT2D eigenvalue weighted by molar-refractivity contribution is 7.99. The van der Waals surface area contributed by atoms with Crippen LogP contribution >= 0.6 is 23.1 Å². The Balaban J connectivity index is 2.17. The number of non-ortho nitro benzene ring substituents is 1. The maximum absolute atomic E-state index is 11.0. The second-order valence-electron chi connectivity index (χ2n) is 4.31. The van der Waals surface area contributed by atoms with Crippen LogP contribution in [-0.4, -0.2) is 20.6 Å². The molecule has 5 nitrogen and oxygen atoms in total. The Labute approximate surface area is 134 Å². The quantitative estimate of drug-likeness (QED) is 0.238. The van der Waals surface area contributed by atoms with Gasteiger partial charge in [-0.2, -0.15) is 0 Å². The maximum Gasteiger partial charge on any atom is 0.270 e. The average molecular weight is 327 g/mol. The smallest absolute Gasteiger partial charge is 0.258 e. The molecular weight excluding hydrogens is 318 g/mol. The summed E-state index contributed by atoms with van der Waals surface area (Å²) in [7, 11) is 0. The van der Waals surface area contributed by atoms with E-state index in [9.17, 15) is 10.1 Å². The van der Waals surface area contributed by atoms with E-state index in [-0.39, 0.29) is 5.69 Å². The molecule has 22 heavy (non-hydrogen) atoms. The van der Waals surface area contributed by atoms with Gasteiger partial charge >= 0.3 is 0 Å². The third-order valence-electron chi connectivity index (χ3n) is 3.00. The SMILES string of the molecule is C#CCSc1ncnc2scc(-c3cccc([N+](=O)[O-])c3)c12. The standard InChI is InChI=1S/C15H9N3O2S2/c1-2-6-21-14-13-12(8-22-15(13)17-9-16-14)10-4-3-5-11(7-10)18(19)20/h1,3-5,7-9H,6H2. The number of benzene rings is 1. The minimum absolute atomic E-state index is 0.0616. The summed E-state index contributed by atoms with van der Waals surface area (Å²) in [6.07, 6.45) is 6.82. The fourth-order valence-corrected chi connectivity index (χ4v) is 3.74. The second kappa shape index (κ2) is 6.13. The zero-order valence-electron chi connectivity index (χ0n) is 11.2. The molecule has 0 aliphatic rings. The summed E-state index contributed by atoms with van der Waals surface area (Å²) >= 11 is 2.94. The maximum atomic E-state index is 11.0. The number of thioether (sulfide) groups is 1. The number of rotatable bonds is 4. The van der Waals surface area contributed by atoms with Gasteiger partial charge in [-0.25, -0.2) is 9.97 Å². The molecule has 0 bridgehead atoms. The molecule has 0 spiro atoms. The van der Waals surface area contributed by atoms with Gasteiger partial charge in [0.05, 0.1) is 16.1 Å². The van der Waals surface area contributed by atoms with Crippen LogP contribution in [0.5, 0.6) is 0 Å². The van der Waals surface area contributed by atoms with E-state index in [1.54, 1.807) is 12.1 Å². The zero-order valence-corrected chi connectivity index (χ0v) is 12.9. The fraction of sp³-hybridized carbons (Fsp3) is 0.0667. The number of nitro groups is 1. The van der Waals surface area contributed by atoms with Crippen LogP contribution in [0.3, 0.4) is 0 Å². The molecule has 0 unspecified atom stereocenters. The number of nitrogens with zero attached hydrogens (tertiary/aromatic N) is 3. The van der Waals surface area contributed by atoms with Gasteiger partial charge in [0.25, 0.3) is 5.69 Å². The predicted molar refractivity (Wildman–Crippen MR) is 89.1 cm³/mol. The largest absolute Gasteiger partial charge is 0.270 e. The van der Waals surface area contributed by atoms with E-state index in [0.29, 0.717) is 5.75 Å². The molecule has 108 valence electrons. The Morgan fingerprint density at radius 1 is 1.41 bits per heavy atom. The molecule has 3 aromatic rings. The van der Waals surface area contributed by atoms with E-state index < -0.39 is 4.92 Å². The Kier molecular flexibility index (Phi) is 4.04. The van der Waals surface area contributed by atoms with E-state index in [1.165, 1.54) is 35.5 Å². The zero-order chi connectivity index (χ0) is 15.5. The van der Waals surface area contributed by atoms with Gasteiger partial charge in [0.2, 0.25) is 0 Å². The first kappa shape index (κ1) is 14.5. The Hall–Kier alpha value is -2.43. The van der Waals surface area contributed by atoms with Gasteiger partial charge in [-0.1, -0.05) is 29.8 Å². The van der Waals surface area contributed by atoms with Gasteiger partial charge in [0, 0.05) is 23.1 Å². The van der Waals surface area contributed by atoms with Crippen LogP contribution in [0.2, 0.25) is 0 Å². The summed E-state index contributed by atoms with van der Waals surface area (Å²) in [5.74, 6) is 3.08. The highest BCUT2D eigenvalue weighted by Crippen LogP contribution is 2.38. The number of fused-ring (bicyclic) bond motifs is 1. The minimum atomic E-state index is -0.400. The molecule has 0 N–H and O–H groups in total. The van der Waals surface area contributed by atoms with Gasteiger partial charge < -0.3 is 0 Å². The van der Waals surface area contributed by atoms with Crippen molar-refractivity contribution >= 4 is 39.0 Å². The van der Waals surface area contributed by atoms with Crippen molar-refractivity contribution < 1.29 is 4.92 Å². The lowest BCUT2D eigenvalue weighted by Crippen LogP contribution is -1.89. The lowest BCUT2D eigenvalue weighted by Gasteiger charge is -2.03. The second-order valence-corrected chi connectivity index (χ2v) is 6.13. The summed E-state index contributed by atoms with van der Waals surface area (Å²) in [6.45, 7) is 0. The summed E-state index contributed by atoms with van der Waals surface area (Å²) < 4.78 is 0. The van der Waals surface area contributed by atoms with Gasteiger partial charge in [-0.05, 0) is 5.56 Å². The van der Waals surface area contributed by atoms with E-state index in [2.05, 4.69) is 15.9 Å². The van der Waals surface area contributed by atoms with E-state index >= 15 is 0 Å². The molecule has 3 rings (SSSR count). The Morgan fingerprint density at radius 3 is 3.05 bits per heavy atom. The highest BCUT2D eigenvalue weighted by atomic mass is 32.2. The van der Waals surface area contributed by atoms with Crippen molar-refractivity contribution in [1.82, 2.24) is 9.97 Å². The molecule has 1 aromatic carbocycles. The molecule has 0 atom stereocenters. The summed E-state index contributed by atoms with van der Waals surface area (Å²) in [6, 6.07) is 6.55. The Morgan fingerprint density at radius 2 is 2.27 bits per heavy atom. The number of thiophene rings is 1. The van der Waals surface area contributed by atoms with Gasteiger partial charge in [-0.15, -0.1) is 17.8 Å². The van der Waals surface area contributed by atoms with Crippen molar-refractivity contribution in [2.45, 2.75) is 5.03 Å². The van der Waals surface area contributed by atoms with Crippen LogP contribution in [0.15, 0.2) is 41.0 Å². The van der Waals surface area contributed by atoms with Crippen LogP contribution in [0.4, 0.5) is 5.69 Å². The molecule has 0 saturated heterocycles. The Bertz CT molecular complexity index is 899. The van der Waals surface area contributed by atoms with Crippen molar-refractivity contribution in [1.29, 1.82) is 0 Å². The van der Waals surface area contributed by atoms with Crippen LogP contribution in [0, 0.1) is 22.5 Å². The molecule has 0 saturated carbocycles. The van der Waals surface area contributed by atoms with Crippen molar-refractivity contribution in [2.24, 2.45) is 0 Å². The number of hydrogen-bond acceptors (Lipinski definition) is 6. The molecule has 7 heteroatoms. The highest BCUT2D eigenvalue weighted by Gasteiger charge is 2.15. The van der Waals surface area contributed by atoms with Crippen molar-refractivity contribution in [3.63, 3.8) is 0 Å². The van der Waals surface area contributed by atoms with E-state index in [1.807, 2.05) is 11.4 Å². The lowest BCUT2D eigenvalue weighted by atomic mass is 10.1. The van der Waals surface area contributed by atoms with Crippen LogP contribution in [0.1, 0.15) is 0 Å². The lowest BCUT2D eigenvalue weighted by molar-refractivity contribution is -0.384. The van der Waals surface area contributed by atoms with Crippen LogP contribution < -0.4 is 0 Å². The van der Waals surface area contributed by atoms with Gasteiger partial charge in [-0.3, -0.25) is 10.1 Å². The predicted octanol–water partition coefficient (Wildman–Crippen LogP) is 3.99. The number of hydrogen-bond donors (Lipinski definition) is 0. The summed E-state index contributed by atoms with van der Waals surface area (Å²) in [5.41, 5.74) is 1.73. The fourth-order valence-electron chi connectivity index (χ4n) is 2.07. The molecule has 0 fully saturated rings. The first-order chi connectivity index (χ1) is 10.7. The molecule has 0 aliphatic carbocycles. The first-order valence-electron chi connectivity index (χ1n) is 6.24. The third kappa shape index (κ3) is 2.66. The monoisotopic (exact) mass is 327 g/mol. The van der Waals surface area contributed by atoms with Gasteiger partial charge in [0.15, 0.2) is 0 Å². The van der Waals surface area contributed by atoms with Gasteiger partial charge in [0.1, 0.15) is 16.2 Å². The normalized spacial score (nSPS) is 10.5. The van der Waals surface area contributed by atoms with E-state index in [0.717, 1.165) is 26.4 Å². The topological polar surface area (TPSA) is 68.9 Å². The molecule has 2 heterocycles. The summed E-state index contributed by atoms with van der Waals surface area (Å²) in [4.78, 5) is 19.9. The average Bonchev–Trinajstić information content (AvgIpc) is 2.97. The number of terminal acetylenes is 1. The van der Waals surface area contributed by atoms with Crippen molar-refractivity contribution in [3.05, 3.63) is 46.1 Å². The van der Waals surface area contributed by atoms with Crippen LogP contribution in [-0.2, 0) is 0 Å².